The van der Waals surface area contributed by atoms with Gasteiger partial charge in [0.25, 0.3) is 0 Å². The summed E-state index contributed by atoms with van der Waals surface area (Å²) in [4.78, 5) is 4.68. The number of benzene rings is 10. The maximum atomic E-state index is 2.34. The van der Waals surface area contributed by atoms with Crippen molar-refractivity contribution >= 4 is 57.4 Å². The Hall–Kier alpha value is -8.72. The highest BCUT2D eigenvalue weighted by Crippen LogP contribution is 2.40. The van der Waals surface area contributed by atoms with Crippen molar-refractivity contribution in [2.45, 2.75) is 13.8 Å². The van der Waals surface area contributed by atoms with Gasteiger partial charge in [-0.25, -0.2) is 0 Å². The Kier molecular flexibility index (Phi) is 12.8. The van der Waals surface area contributed by atoms with E-state index in [1.165, 1.54) is 55.7 Å². The van der Waals surface area contributed by atoms with E-state index in [0.29, 0.717) is 0 Å². The van der Waals surface area contributed by atoms with Gasteiger partial charge in [-0.2, -0.15) is 0 Å². The second-order valence-corrected chi connectivity index (χ2v) is 17.1. The quantitative estimate of drug-likeness (QED) is 0.107. The van der Waals surface area contributed by atoms with Crippen molar-refractivity contribution in [2.24, 2.45) is 0 Å². The summed E-state index contributed by atoms with van der Waals surface area (Å²) in [5, 5.41) is 0. The lowest BCUT2D eigenvalue weighted by Crippen LogP contribution is -2.10. The lowest BCUT2D eigenvalue weighted by Gasteiger charge is -2.27. The summed E-state index contributed by atoms with van der Waals surface area (Å²) in [5.74, 6) is 0. The van der Waals surface area contributed by atoms with Crippen molar-refractivity contribution in [1.29, 1.82) is 0 Å². The van der Waals surface area contributed by atoms with Gasteiger partial charge in [-0.1, -0.05) is 194 Å². The normalized spacial score (nSPS) is 10.8. The van der Waals surface area contributed by atoms with E-state index >= 15 is 0 Å². The van der Waals surface area contributed by atoms with Gasteiger partial charge in [-0.05, 0) is 166 Å². The van der Waals surface area contributed by atoms with E-state index in [1.54, 1.807) is 0 Å². The van der Waals surface area contributed by atoms with Gasteiger partial charge in [0.2, 0.25) is 0 Å². The standard InChI is InChI=1S/C66H52N2/c1-49-45-63(43-37-57(49)47-65(53-21-9-3-10-22-53)54-23-11-4-12-24-54)67(59-29-17-7-18-30-59)61-39-33-51(34-40-61)52-35-41-62(42-36-52)68(60-31-19-8-20-32-60)64-44-38-58(50(2)46-64)48-66(55-25-13-5-14-26-55)56-27-15-6-16-28-56/h3-48H,1-2H3. The number of hydrogen-bond donors (Lipinski definition) is 0. The largest absolute Gasteiger partial charge is 0.310 e. The fraction of sp³-hybridized carbons (Fsp3) is 0.0303. The number of aryl methyl sites for hydroxylation is 2. The highest BCUT2D eigenvalue weighted by molar-refractivity contribution is 5.94. The molecule has 0 N–H and O–H groups in total. The molecule has 0 bridgehead atoms. The van der Waals surface area contributed by atoms with Crippen LogP contribution >= 0.6 is 0 Å². The predicted molar refractivity (Wildman–Crippen MR) is 290 cm³/mol. The molecule has 10 rings (SSSR count). The highest BCUT2D eigenvalue weighted by atomic mass is 15.1. The summed E-state index contributed by atoms with van der Waals surface area (Å²) in [7, 11) is 0. The minimum absolute atomic E-state index is 1.09. The Morgan fingerprint density at radius 1 is 0.265 bits per heavy atom. The van der Waals surface area contributed by atoms with E-state index in [4.69, 9.17) is 0 Å². The molecule has 10 aromatic carbocycles. The average Bonchev–Trinajstić information content (AvgIpc) is 3.40. The van der Waals surface area contributed by atoms with Crippen molar-refractivity contribution in [3.05, 3.63) is 311 Å². The van der Waals surface area contributed by atoms with Crippen LogP contribution in [0.3, 0.4) is 0 Å². The molecule has 2 heteroatoms. The monoisotopic (exact) mass is 872 g/mol. The number of anilines is 6. The molecular weight excluding hydrogens is 821 g/mol. The Labute approximate surface area is 401 Å². The van der Waals surface area contributed by atoms with Crippen molar-refractivity contribution < 1.29 is 0 Å². The Morgan fingerprint density at radius 3 is 0.794 bits per heavy atom. The molecule has 0 saturated carbocycles. The van der Waals surface area contributed by atoms with Gasteiger partial charge < -0.3 is 9.80 Å². The molecule has 0 aliphatic rings. The third-order valence-electron chi connectivity index (χ3n) is 12.6. The van der Waals surface area contributed by atoms with E-state index < -0.39 is 0 Å². The first-order valence-electron chi connectivity index (χ1n) is 23.3. The van der Waals surface area contributed by atoms with Crippen LogP contribution in [0.5, 0.6) is 0 Å². The number of nitrogens with zero attached hydrogens (tertiary/aromatic N) is 2. The summed E-state index contributed by atoms with van der Waals surface area (Å²) >= 11 is 0. The Bertz CT molecular complexity index is 2980. The van der Waals surface area contributed by atoms with Crippen LogP contribution in [-0.4, -0.2) is 0 Å². The van der Waals surface area contributed by atoms with E-state index in [0.717, 1.165) is 45.3 Å². The van der Waals surface area contributed by atoms with Crippen molar-refractivity contribution in [2.75, 3.05) is 9.80 Å². The van der Waals surface area contributed by atoms with Gasteiger partial charge in [0, 0.05) is 34.1 Å². The van der Waals surface area contributed by atoms with Crippen molar-refractivity contribution in [1.82, 2.24) is 0 Å². The van der Waals surface area contributed by atoms with Gasteiger partial charge in [-0.15, -0.1) is 0 Å². The van der Waals surface area contributed by atoms with E-state index in [9.17, 15) is 0 Å². The van der Waals surface area contributed by atoms with Crippen LogP contribution in [0.1, 0.15) is 44.5 Å². The molecule has 0 aromatic heterocycles. The molecule has 0 unspecified atom stereocenters. The van der Waals surface area contributed by atoms with Crippen LogP contribution in [0.15, 0.2) is 267 Å². The summed E-state index contributed by atoms with van der Waals surface area (Å²) in [6.45, 7) is 4.42. The zero-order chi connectivity index (χ0) is 46.1. The molecule has 2 nitrogen and oxygen atoms in total. The molecule has 0 amide bonds. The Balaban J connectivity index is 0.941. The molecule has 0 heterocycles. The molecule has 326 valence electrons. The van der Waals surface area contributed by atoms with Gasteiger partial charge in [0.1, 0.15) is 0 Å². The number of hydrogen-bond acceptors (Lipinski definition) is 2. The molecule has 0 aliphatic carbocycles. The van der Waals surface area contributed by atoms with Crippen LogP contribution in [-0.2, 0) is 0 Å². The van der Waals surface area contributed by atoms with E-state index in [1.807, 2.05) is 0 Å². The second kappa shape index (κ2) is 20.2. The average molecular weight is 873 g/mol. The molecule has 0 spiro atoms. The topological polar surface area (TPSA) is 6.48 Å². The van der Waals surface area contributed by atoms with Gasteiger partial charge >= 0.3 is 0 Å². The zero-order valence-electron chi connectivity index (χ0n) is 38.5. The first kappa shape index (κ1) is 43.2. The smallest absolute Gasteiger partial charge is 0.0464 e. The minimum Gasteiger partial charge on any atom is -0.310 e. The molecule has 68 heavy (non-hydrogen) atoms. The molecule has 10 aromatic rings. The first-order chi connectivity index (χ1) is 33.6. The molecule has 0 radical (unpaired) electrons. The van der Waals surface area contributed by atoms with Crippen molar-refractivity contribution in [3.63, 3.8) is 0 Å². The van der Waals surface area contributed by atoms with Crippen LogP contribution in [0.2, 0.25) is 0 Å². The van der Waals surface area contributed by atoms with E-state index in [2.05, 4.69) is 303 Å². The minimum atomic E-state index is 1.09. The third kappa shape index (κ3) is 9.63. The van der Waals surface area contributed by atoms with Crippen molar-refractivity contribution in [3.8, 4) is 11.1 Å². The fourth-order valence-electron chi connectivity index (χ4n) is 9.02. The second-order valence-electron chi connectivity index (χ2n) is 17.1. The lowest BCUT2D eigenvalue weighted by atomic mass is 9.94. The maximum absolute atomic E-state index is 2.34. The SMILES string of the molecule is Cc1cc(N(c2ccccc2)c2ccc(-c3ccc(N(c4ccccc4)c4ccc(C=C(c5ccccc5)c5ccccc5)c(C)c4)cc3)cc2)ccc1C=C(c1ccccc1)c1ccccc1. The predicted octanol–water partition coefficient (Wildman–Crippen LogP) is 18.1. The van der Waals surface area contributed by atoms with Gasteiger partial charge in [0.05, 0.1) is 0 Å². The lowest BCUT2D eigenvalue weighted by molar-refractivity contribution is 1.26. The van der Waals surface area contributed by atoms with Gasteiger partial charge in [0.15, 0.2) is 0 Å². The molecular formula is C66H52N2. The number of para-hydroxylation sites is 2. The maximum Gasteiger partial charge on any atom is 0.0464 e. The molecule has 0 atom stereocenters. The fourth-order valence-corrected chi connectivity index (χ4v) is 9.02. The summed E-state index contributed by atoms with van der Waals surface area (Å²) in [5.41, 5.74) is 20.9. The summed E-state index contributed by atoms with van der Waals surface area (Å²) < 4.78 is 0. The summed E-state index contributed by atoms with van der Waals surface area (Å²) in [6.07, 6.45) is 4.64. The summed E-state index contributed by atoms with van der Waals surface area (Å²) in [6, 6.07) is 95.3. The zero-order valence-corrected chi connectivity index (χ0v) is 38.5. The number of rotatable bonds is 13. The van der Waals surface area contributed by atoms with Crippen LogP contribution < -0.4 is 9.80 Å². The molecule has 0 saturated heterocycles. The third-order valence-corrected chi connectivity index (χ3v) is 12.6. The van der Waals surface area contributed by atoms with Crippen LogP contribution in [0, 0.1) is 13.8 Å². The van der Waals surface area contributed by atoms with Gasteiger partial charge in [-0.3, -0.25) is 0 Å². The van der Waals surface area contributed by atoms with Crippen LogP contribution in [0.25, 0.3) is 34.4 Å². The first-order valence-corrected chi connectivity index (χ1v) is 23.3. The Morgan fingerprint density at radius 2 is 0.515 bits per heavy atom. The van der Waals surface area contributed by atoms with Crippen LogP contribution in [0.4, 0.5) is 34.1 Å². The molecule has 0 aliphatic heterocycles. The van der Waals surface area contributed by atoms with E-state index in [-0.39, 0.29) is 0 Å². The molecule has 0 fully saturated rings. The highest BCUT2D eigenvalue weighted by Gasteiger charge is 2.17.